The Labute approximate surface area is 157 Å². The Morgan fingerprint density at radius 1 is 0.704 bits per heavy atom. The van der Waals surface area contributed by atoms with Crippen molar-refractivity contribution in [2.75, 3.05) is 5.32 Å². The van der Waals surface area contributed by atoms with Gasteiger partial charge in [0, 0.05) is 22.2 Å². The minimum absolute atomic E-state index is 0.317. The molecular formula is C24H17NO2. The zero-order chi connectivity index (χ0) is 18.3. The van der Waals surface area contributed by atoms with Gasteiger partial charge in [-0.25, -0.2) is 4.79 Å². The zero-order valence-corrected chi connectivity index (χ0v) is 14.6. The zero-order valence-electron chi connectivity index (χ0n) is 14.6. The molecule has 3 nitrogen and oxygen atoms in total. The Balaban J connectivity index is 1.75. The van der Waals surface area contributed by atoms with E-state index in [9.17, 15) is 4.79 Å². The first-order valence-corrected chi connectivity index (χ1v) is 8.92. The predicted octanol–water partition coefficient (Wildman–Crippen LogP) is 5.32. The molecule has 1 aliphatic rings. The second kappa shape index (κ2) is 5.99. The van der Waals surface area contributed by atoms with Gasteiger partial charge in [0.25, 0.3) is 0 Å². The van der Waals surface area contributed by atoms with Crippen LogP contribution in [0.3, 0.4) is 0 Å². The first kappa shape index (κ1) is 15.6. The summed E-state index contributed by atoms with van der Waals surface area (Å²) in [7, 11) is 0. The number of esters is 1. The number of rotatable bonds is 3. The maximum Gasteiger partial charge on any atom is 0.341 e. The van der Waals surface area contributed by atoms with Gasteiger partial charge in [0.1, 0.15) is 0 Å². The van der Waals surface area contributed by atoms with Gasteiger partial charge in [0.2, 0.25) is 5.72 Å². The van der Waals surface area contributed by atoms with E-state index in [1.165, 1.54) is 0 Å². The fraction of sp³-hybridized carbons (Fsp3) is 0.0417. The van der Waals surface area contributed by atoms with Crippen molar-refractivity contribution in [2.24, 2.45) is 0 Å². The van der Waals surface area contributed by atoms with Crippen molar-refractivity contribution in [3.8, 4) is 0 Å². The van der Waals surface area contributed by atoms with E-state index in [1.54, 1.807) is 0 Å². The average Bonchev–Trinajstić information content (AvgIpc) is 3.02. The van der Waals surface area contributed by atoms with Gasteiger partial charge in [0.05, 0.1) is 5.56 Å². The van der Waals surface area contributed by atoms with E-state index in [-0.39, 0.29) is 5.97 Å². The van der Waals surface area contributed by atoms with E-state index < -0.39 is 5.72 Å². The highest BCUT2D eigenvalue weighted by Crippen LogP contribution is 2.43. The highest BCUT2D eigenvalue weighted by Gasteiger charge is 2.47. The molecule has 27 heavy (non-hydrogen) atoms. The molecule has 0 aromatic heterocycles. The average molecular weight is 351 g/mol. The van der Waals surface area contributed by atoms with Crippen LogP contribution in [0, 0.1) is 0 Å². The number of nitrogens with one attached hydrogen (secondary N) is 1. The van der Waals surface area contributed by atoms with Crippen molar-refractivity contribution in [1.29, 1.82) is 0 Å². The number of anilines is 1. The minimum Gasteiger partial charge on any atom is -0.427 e. The number of cyclic esters (lactones) is 1. The molecule has 1 atom stereocenters. The number of fused-ring (bicyclic) bond motifs is 2. The monoisotopic (exact) mass is 351 g/mol. The maximum atomic E-state index is 12.6. The SMILES string of the molecule is O=C1O[C@@](Nc2cccc3ccccc23)(c2ccccc2)c2ccccc21. The quantitative estimate of drug-likeness (QED) is 0.508. The van der Waals surface area contributed by atoms with Crippen LogP contribution in [0.4, 0.5) is 5.69 Å². The van der Waals surface area contributed by atoms with Crippen LogP contribution in [0.5, 0.6) is 0 Å². The Morgan fingerprint density at radius 2 is 1.41 bits per heavy atom. The maximum absolute atomic E-state index is 12.6. The van der Waals surface area contributed by atoms with Crippen LogP contribution in [-0.4, -0.2) is 5.97 Å². The summed E-state index contributed by atoms with van der Waals surface area (Å²) in [5.74, 6) is -0.317. The summed E-state index contributed by atoms with van der Waals surface area (Å²) in [5.41, 5.74) is 2.17. The van der Waals surface area contributed by atoms with Crippen molar-refractivity contribution >= 4 is 22.4 Å². The fourth-order valence-corrected chi connectivity index (χ4v) is 3.79. The molecule has 5 rings (SSSR count). The second-order valence-corrected chi connectivity index (χ2v) is 6.63. The number of hydrogen-bond acceptors (Lipinski definition) is 3. The molecule has 0 saturated carbocycles. The van der Waals surface area contributed by atoms with Gasteiger partial charge in [-0.15, -0.1) is 0 Å². The van der Waals surface area contributed by atoms with E-state index in [0.717, 1.165) is 27.6 Å². The number of hydrogen-bond donors (Lipinski definition) is 1. The van der Waals surface area contributed by atoms with Crippen LogP contribution in [0.15, 0.2) is 97.1 Å². The van der Waals surface area contributed by atoms with E-state index in [0.29, 0.717) is 5.56 Å². The molecule has 0 aliphatic carbocycles. The smallest absolute Gasteiger partial charge is 0.341 e. The molecule has 0 fully saturated rings. The van der Waals surface area contributed by atoms with Gasteiger partial charge >= 0.3 is 5.97 Å². The lowest BCUT2D eigenvalue weighted by atomic mass is 9.92. The molecular weight excluding hydrogens is 334 g/mol. The number of carbonyl (C=O) groups excluding carboxylic acids is 1. The molecule has 1 N–H and O–H groups in total. The van der Waals surface area contributed by atoms with Crippen LogP contribution < -0.4 is 5.32 Å². The standard InChI is InChI=1S/C24H17NO2/c26-23-20-14-6-7-15-21(20)24(27-23,18-11-2-1-3-12-18)25-22-16-8-10-17-9-4-5-13-19(17)22/h1-16,25H/t24-/m0/s1. The third kappa shape index (κ3) is 2.40. The summed E-state index contributed by atoms with van der Waals surface area (Å²) >= 11 is 0. The predicted molar refractivity (Wildman–Crippen MR) is 107 cm³/mol. The van der Waals surface area contributed by atoms with Gasteiger partial charge < -0.3 is 10.1 Å². The van der Waals surface area contributed by atoms with Gasteiger partial charge in [0.15, 0.2) is 0 Å². The molecule has 4 aromatic carbocycles. The topological polar surface area (TPSA) is 38.3 Å². The van der Waals surface area contributed by atoms with Crippen LogP contribution in [0.25, 0.3) is 10.8 Å². The lowest BCUT2D eigenvalue weighted by Crippen LogP contribution is -2.37. The van der Waals surface area contributed by atoms with E-state index in [4.69, 9.17) is 4.74 Å². The van der Waals surface area contributed by atoms with Crippen molar-refractivity contribution in [3.63, 3.8) is 0 Å². The summed E-state index contributed by atoms with van der Waals surface area (Å²) in [5, 5.41) is 5.76. The summed E-state index contributed by atoms with van der Waals surface area (Å²) in [6.45, 7) is 0. The molecule has 1 aliphatic heterocycles. The molecule has 0 saturated heterocycles. The first-order chi connectivity index (χ1) is 13.3. The lowest BCUT2D eigenvalue weighted by molar-refractivity contribution is 0.0213. The molecule has 3 heteroatoms. The first-order valence-electron chi connectivity index (χ1n) is 8.92. The van der Waals surface area contributed by atoms with Gasteiger partial charge in [-0.05, 0) is 17.5 Å². The lowest BCUT2D eigenvalue weighted by Gasteiger charge is -2.32. The Morgan fingerprint density at radius 3 is 2.30 bits per heavy atom. The highest BCUT2D eigenvalue weighted by molar-refractivity contribution is 5.98. The van der Waals surface area contributed by atoms with Crippen LogP contribution >= 0.6 is 0 Å². The molecule has 0 bridgehead atoms. The largest absolute Gasteiger partial charge is 0.427 e. The molecule has 1 heterocycles. The van der Waals surface area contributed by atoms with Crippen LogP contribution in [-0.2, 0) is 10.5 Å². The Bertz CT molecular complexity index is 1150. The molecule has 0 amide bonds. The summed E-state index contributed by atoms with van der Waals surface area (Å²) in [6.07, 6.45) is 0. The molecule has 4 aromatic rings. The number of carbonyl (C=O) groups is 1. The van der Waals surface area contributed by atoms with Crippen molar-refractivity contribution in [1.82, 2.24) is 0 Å². The van der Waals surface area contributed by atoms with Crippen molar-refractivity contribution < 1.29 is 9.53 Å². The van der Waals surface area contributed by atoms with Gasteiger partial charge in [-0.3, -0.25) is 0 Å². The Kier molecular flexibility index (Phi) is 3.47. The summed E-state index contributed by atoms with van der Waals surface area (Å²) < 4.78 is 6.01. The van der Waals surface area contributed by atoms with Gasteiger partial charge in [-0.2, -0.15) is 0 Å². The molecule has 130 valence electrons. The normalized spacial score (nSPS) is 18.1. The van der Waals surface area contributed by atoms with Crippen molar-refractivity contribution in [3.05, 3.63) is 114 Å². The molecule has 0 spiro atoms. The third-order valence-electron chi connectivity index (χ3n) is 5.05. The fourth-order valence-electron chi connectivity index (χ4n) is 3.79. The molecule has 0 unspecified atom stereocenters. The van der Waals surface area contributed by atoms with Crippen LogP contribution in [0.2, 0.25) is 0 Å². The third-order valence-corrected chi connectivity index (χ3v) is 5.05. The van der Waals surface area contributed by atoms with Crippen molar-refractivity contribution in [2.45, 2.75) is 5.72 Å². The van der Waals surface area contributed by atoms with Crippen LogP contribution in [0.1, 0.15) is 21.5 Å². The van der Waals surface area contributed by atoms with E-state index in [1.807, 2.05) is 78.9 Å². The number of benzene rings is 4. The van der Waals surface area contributed by atoms with E-state index in [2.05, 4.69) is 23.5 Å². The minimum atomic E-state index is -1.06. The number of ether oxygens (including phenoxy) is 1. The second-order valence-electron chi connectivity index (χ2n) is 6.63. The van der Waals surface area contributed by atoms with E-state index >= 15 is 0 Å². The highest BCUT2D eigenvalue weighted by atomic mass is 16.6. The molecule has 0 radical (unpaired) electrons. The van der Waals surface area contributed by atoms with Gasteiger partial charge in [-0.1, -0.05) is 84.9 Å². The summed E-state index contributed by atoms with van der Waals surface area (Å²) in [4.78, 5) is 12.6. The Hall–Kier alpha value is -3.59. The summed E-state index contributed by atoms with van der Waals surface area (Å²) in [6, 6.07) is 31.6.